The van der Waals surface area contributed by atoms with E-state index in [1.165, 1.54) is 16.1 Å². The van der Waals surface area contributed by atoms with Crippen molar-refractivity contribution in [1.82, 2.24) is 4.98 Å². The van der Waals surface area contributed by atoms with Crippen LogP contribution in [0.4, 0.5) is 0 Å². The van der Waals surface area contributed by atoms with E-state index < -0.39 is 0 Å². The van der Waals surface area contributed by atoms with Crippen molar-refractivity contribution in [2.24, 2.45) is 0 Å². The van der Waals surface area contributed by atoms with Gasteiger partial charge in [0.05, 0.1) is 5.69 Å². The molecule has 0 atom stereocenters. The number of rotatable bonds is 2. The third-order valence-electron chi connectivity index (χ3n) is 2.30. The third-order valence-corrected chi connectivity index (χ3v) is 3.85. The topological polar surface area (TPSA) is 12.9 Å². The minimum atomic E-state index is 1.01. The summed E-state index contributed by atoms with van der Waals surface area (Å²) in [5.41, 5.74) is 2.41. The maximum absolute atomic E-state index is 4.64. The summed E-state index contributed by atoms with van der Waals surface area (Å²) in [6.07, 6.45) is 1.01. The zero-order chi connectivity index (χ0) is 10.8. The highest BCUT2D eigenvalue weighted by atomic mass is 79.9. The quantitative estimate of drug-likeness (QED) is 0.793. The lowest BCUT2D eigenvalue weighted by molar-refractivity contribution is 1.05. The highest BCUT2D eigenvalue weighted by molar-refractivity contribution is 9.10. The first-order valence-corrected chi connectivity index (χ1v) is 6.54. The normalized spacial score (nSPS) is 10.6. The fourth-order valence-corrected chi connectivity index (χ4v) is 2.90. The Labute approximate surface area is 102 Å². The van der Waals surface area contributed by atoms with Crippen LogP contribution in [0.3, 0.4) is 0 Å². The average molecular weight is 282 g/mol. The molecule has 0 aliphatic heterocycles. The lowest BCUT2D eigenvalue weighted by Crippen LogP contribution is -1.82. The molecule has 3 heteroatoms. The molecule has 1 aromatic heterocycles. The summed E-state index contributed by atoms with van der Waals surface area (Å²) in [4.78, 5) is 5.96. The van der Waals surface area contributed by atoms with E-state index in [-0.39, 0.29) is 0 Å². The van der Waals surface area contributed by atoms with E-state index in [1.54, 1.807) is 11.3 Å². The SMILES string of the molecule is CCc1nc(-c2cccc(Br)c2)sc1C. The van der Waals surface area contributed by atoms with Crippen LogP contribution in [0.1, 0.15) is 17.5 Å². The van der Waals surface area contributed by atoms with E-state index in [2.05, 4.69) is 46.9 Å². The second-order valence-electron chi connectivity index (χ2n) is 3.39. The molecule has 78 valence electrons. The molecule has 0 saturated carbocycles. The number of hydrogen-bond acceptors (Lipinski definition) is 2. The van der Waals surface area contributed by atoms with E-state index in [0.717, 1.165) is 15.9 Å². The van der Waals surface area contributed by atoms with E-state index in [4.69, 9.17) is 0 Å². The van der Waals surface area contributed by atoms with E-state index in [1.807, 2.05) is 12.1 Å². The molecule has 2 aromatic rings. The van der Waals surface area contributed by atoms with Gasteiger partial charge >= 0.3 is 0 Å². The lowest BCUT2D eigenvalue weighted by atomic mass is 10.2. The number of aromatic nitrogens is 1. The molecule has 0 spiro atoms. The Kier molecular flexibility index (Phi) is 3.22. The molecule has 0 fully saturated rings. The molecule has 1 heterocycles. The van der Waals surface area contributed by atoms with Crippen LogP contribution in [0.5, 0.6) is 0 Å². The van der Waals surface area contributed by atoms with Crippen LogP contribution >= 0.6 is 27.3 Å². The molecule has 1 nitrogen and oxygen atoms in total. The van der Waals surface area contributed by atoms with Gasteiger partial charge in [-0.25, -0.2) is 4.98 Å². The monoisotopic (exact) mass is 281 g/mol. The Morgan fingerprint density at radius 1 is 1.40 bits per heavy atom. The number of thiazole rings is 1. The van der Waals surface area contributed by atoms with Gasteiger partial charge in [-0.05, 0) is 25.5 Å². The number of hydrogen-bond donors (Lipinski definition) is 0. The Hall–Kier alpha value is -0.670. The van der Waals surface area contributed by atoms with Crippen molar-refractivity contribution in [2.45, 2.75) is 20.3 Å². The van der Waals surface area contributed by atoms with E-state index in [9.17, 15) is 0 Å². The summed E-state index contributed by atoms with van der Waals surface area (Å²) in [6.45, 7) is 4.28. The summed E-state index contributed by atoms with van der Waals surface area (Å²) < 4.78 is 1.10. The zero-order valence-corrected chi connectivity index (χ0v) is 11.2. The van der Waals surface area contributed by atoms with Gasteiger partial charge in [0.1, 0.15) is 5.01 Å². The van der Waals surface area contributed by atoms with E-state index >= 15 is 0 Å². The number of nitrogens with zero attached hydrogens (tertiary/aromatic N) is 1. The molecule has 0 aliphatic carbocycles. The summed E-state index contributed by atoms with van der Waals surface area (Å²) in [5.74, 6) is 0. The molecule has 0 aliphatic rings. The van der Waals surface area contributed by atoms with Gasteiger partial charge in [0.2, 0.25) is 0 Å². The summed E-state index contributed by atoms with van der Waals surface area (Å²) in [7, 11) is 0. The highest BCUT2D eigenvalue weighted by Crippen LogP contribution is 2.29. The first kappa shape index (κ1) is 10.8. The average Bonchev–Trinajstić information content (AvgIpc) is 2.60. The van der Waals surface area contributed by atoms with E-state index in [0.29, 0.717) is 0 Å². The molecule has 15 heavy (non-hydrogen) atoms. The van der Waals surface area contributed by atoms with Crippen LogP contribution in [0, 0.1) is 6.92 Å². The Morgan fingerprint density at radius 2 is 2.20 bits per heavy atom. The van der Waals surface area contributed by atoms with Gasteiger partial charge in [-0.3, -0.25) is 0 Å². The second-order valence-corrected chi connectivity index (χ2v) is 5.50. The van der Waals surface area contributed by atoms with Crippen LogP contribution < -0.4 is 0 Å². The maximum atomic E-state index is 4.64. The molecule has 0 amide bonds. The van der Waals surface area contributed by atoms with Gasteiger partial charge in [-0.1, -0.05) is 35.0 Å². The molecule has 1 aromatic carbocycles. The second kappa shape index (κ2) is 4.45. The van der Waals surface area contributed by atoms with Crippen molar-refractivity contribution >= 4 is 27.3 Å². The maximum Gasteiger partial charge on any atom is 0.123 e. The molecule has 0 N–H and O–H groups in total. The predicted octanol–water partition coefficient (Wildman–Crippen LogP) is 4.44. The molecular formula is C12H12BrNS. The van der Waals surface area contributed by atoms with Gasteiger partial charge in [-0.2, -0.15) is 0 Å². The summed E-state index contributed by atoms with van der Waals surface area (Å²) in [5, 5.41) is 1.12. The number of aryl methyl sites for hydroxylation is 2. The van der Waals surface area contributed by atoms with Crippen LogP contribution in [0.15, 0.2) is 28.7 Å². The summed E-state index contributed by atoms with van der Waals surface area (Å²) in [6, 6.07) is 8.28. The minimum Gasteiger partial charge on any atom is -0.241 e. The van der Waals surface area contributed by atoms with Crippen LogP contribution in [0.25, 0.3) is 10.6 Å². The standard InChI is InChI=1S/C12H12BrNS/c1-3-11-8(2)15-12(14-11)9-5-4-6-10(13)7-9/h4-7H,3H2,1-2H3. The van der Waals surface area contributed by atoms with Gasteiger partial charge < -0.3 is 0 Å². The van der Waals surface area contributed by atoms with Crippen molar-refractivity contribution < 1.29 is 0 Å². The third kappa shape index (κ3) is 2.29. The smallest absolute Gasteiger partial charge is 0.123 e. The Morgan fingerprint density at radius 3 is 2.80 bits per heavy atom. The predicted molar refractivity (Wildman–Crippen MR) is 69.4 cm³/mol. The first-order valence-electron chi connectivity index (χ1n) is 4.93. The van der Waals surface area contributed by atoms with Gasteiger partial charge in [0.25, 0.3) is 0 Å². The van der Waals surface area contributed by atoms with Gasteiger partial charge in [0.15, 0.2) is 0 Å². The molecule has 0 bridgehead atoms. The fourth-order valence-electron chi connectivity index (χ4n) is 1.50. The van der Waals surface area contributed by atoms with Crippen LogP contribution in [0.2, 0.25) is 0 Å². The van der Waals surface area contributed by atoms with Crippen molar-refractivity contribution in [3.05, 3.63) is 39.3 Å². The summed E-state index contributed by atoms with van der Waals surface area (Å²) >= 11 is 5.25. The molecular weight excluding hydrogens is 270 g/mol. The number of benzene rings is 1. The van der Waals surface area contributed by atoms with Gasteiger partial charge in [0, 0.05) is 14.9 Å². The van der Waals surface area contributed by atoms with Crippen molar-refractivity contribution in [2.75, 3.05) is 0 Å². The molecule has 0 radical (unpaired) electrons. The van der Waals surface area contributed by atoms with Gasteiger partial charge in [-0.15, -0.1) is 11.3 Å². The molecule has 2 rings (SSSR count). The molecule has 0 saturated heterocycles. The Bertz CT molecular complexity index is 476. The fraction of sp³-hybridized carbons (Fsp3) is 0.250. The minimum absolute atomic E-state index is 1.01. The molecule has 0 unspecified atom stereocenters. The van der Waals surface area contributed by atoms with Crippen molar-refractivity contribution in [1.29, 1.82) is 0 Å². The number of halogens is 1. The van der Waals surface area contributed by atoms with Crippen LogP contribution in [-0.4, -0.2) is 4.98 Å². The largest absolute Gasteiger partial charge is 0.241 e. The highest BCUT2D eigenvalue weighted by Gasteiger charge is 2.07. The lowest BCUT2D eigenvalue weighted by Gasteiger charge is -1.96. The van der Waals surface area contributed by atoms with Crippen LogP contribution in [-0.2, 0) is 6.42 Å². The Balaban J connectivity index is 2.45. The van der Waals surface area contributed by atoms with Crippen molar-refractivity contribution in [3.63, 3.8) is 0 Å². The first-order chi connectivity index (χ1) is 7.20. The van der Waals surface area contributed by atoms with Crippen molar-refractivity contribution in [3.8, 4) is 10.6 Å². The zero-order valence-electron chi connectivity index (χ0n) is 8.75.